The maximum absolute atomic E-state index is 10.4. The predicted octanol–water partition coefficient (Wildman–Crippen LogP) is 1.31. The highest BCUT2D eigenvalue weighted by atomic mass is 16.1. The first-order valence-electron chi connectivity index (χ1n) is 3.84. The molecule has 0 aliphatic rings. The van der Waals surface area contributed by atoms with E-state index < -0.39 is 0 Å². The molecule has 0 aromatic carbocycles. The van der Waals surface area contributed by atoms with Gasteiger partial charge < -0.3 is 9.69 Å². The summed E-state index contributed by atoms with van der Waals surface area (Å²) in [5.41, 5.74) is 0. The van der Waals surface area contributed by atoms with E-state index in [1.165, 1.54) is 0 Å². The lowest BCUT2D eigenvalue weighted by Gasteiger charge is -2.17. The van der Waals surface area contributed by atoms with E-state index in [0.717, 1.165) is 25.5 Å². The Balaban J connectivity index is 3.50. The lowest BCUT2D eigenvalue weighted by atomic mass is 10.1. The third-order valence-electron chi connectivity index (χ3n) is 1.67. The molecule has 0 saturated carbocycles. The van der Waals surface area contributed by atoms with Crippen LogP contribution >= 0.6 is 0 Å². The molecule has 0 rings (SSSR count). The van der Waals surface area contributed by atoms with Gasteiger partial charge in [-0.3, -0.25) is 0 Å². The largest absolute Gasteiger partial charge is 0.302 e. The highest BCUT2D eigenvalue weighted by molar-refractivity contribution is 5.57. The van der Waals surface area contributed by atoms with Gasteiger partial charge >= 0.3 is 0 Å². The lowest BCUT2D eigenvalue weighted by molar-refractivity contribution is -0.111. The second kappa shape index (κ2) is 5.42. The van der Waals surface area contributed by atoms with Crippen LogP contribution in [0.4, 0.5) is 0 Å². The Morgan fingerprint density at radius 1 is 1.50 bits per heavy atom. The average Bonchev–Trinajstić information content (AvgIpc) is 1.89. The smallest absolute Gasteiger partial charge is 0.137 e. The molecule has 0 bridgehead atoms. The molecular formula is C8H17NO. The number of carbonyl (C=O) groups is 1. The summed E-state index contributed by atoms with van der Waals surface area (Å²) >= 11 is 0. The molecule has 0 N–H and O–H groups in total. The first-order chi connectivity index (χ1) is 4.72. The standard InChI is InChI=1S/C8H17NO/c1-4-5-6-8(7-10)9(2)3/h7-8H,4-6H2,1-3H3. The first-order valence-corrected chi connectivity index (χ1v) is 3.84. The second-order valence-corrected chi connectivity index (χ2v) is 2.81. The minimum Gasteiger partial charge on any atom is -0.302 e. The van der Waals surface area contributed by atoms with E-state index in [-0.39, 0.29) is 6.04 Å². The molecule has 0 aliphatic heterocycles. The zero-order valence-corrected chi connectivity index (χ0v) is 7.13. The maximum Gasteiger partial charge on any atom is 0.137 e. The van der Waals surface area contributed by atoms with Crippen molar-refractivity contribution in [3.05, 3.63) is 0 Å². The van der Waals surface area contributed by atoms with Crippen LogP contribution in [0.3, 0.4) is 0 Å². The van der Waals surface area contributed by atoms with E-state index in [0.29, 0.717) is 0 Å². The van der Waals surface area contributed by atoms with Gasteiger partial charge in [0, 0.05) is 0 Å². The number of nitrogens with zero attached hydrogens (tertiary/aromatic N) is 1. The molecule has 0 saturated heterocycles. The molecule has 10 heavy (non-hydrogen) atoms. The fourth-order valence-electron chi connectivity index (χ4n) is 0.861. The van der Waals surface area contributed by atoms with Crippen molar-refractivity contribution in [1.82, 2.24) is 4.90 Å². The molecule has 1 atom stereocenters. The molecule has 0 aromatic rings. The molecule has 1 unspecified atom stereocenters. The maximum atomic E-state index is 10.4. The van der Waals surface area contributed by atoms with Crippen LogP contribution in [0.5, 0.6) is 0 Å². The zero-order chi connectivity index (χ0) is 7.98. The Morgan fingerprint density at radius 2 is 2.10 bits per heavy atom. The highest BCUT2D eigenvalue weighted by Crippen LogP contribution is 2.02. The average molecular weight is 143 g/mol. The summed E-state index contributed by atoms with van der Waals surface area (Å²) in [6.45, 7) is 2.14. The molecule has 0 heterocycles. The molecule has 2 heteroatoms. The van der Waals surface area contributed by atoms with Crippen LogP contribution in [0, 0.1) is 0 Å². The molecule has 2 nitrogen and oxygen atoms in total. The molecular weight excluding hydrogens is 126 g/mol. The Hall–Kier alpha value is -0.370. The van der Waals surface area contributed by atoms with Gasteiger partial charge in [0.05, 0.1) is 6.04 Å². The van der Waals surface area contributed by atoms with Gasteiger partial charge in [-0.2, -0.15) is 0 Å². The normalized spacial score (nSPS) is 13.6. The van der Waals surface area contributed by atoms with Gasteiger partial charge in [-0.25, -0.2) is 0 Å². The highest BCUT2D eigenvalue weighted by Gasteiger charge is 2.07. The minimum atomic E-state index is 0.125. The van der Waals surface area contributed by atoms with Crippen molar-refractivity contribution in [2.24, 2.45) is 0 Å². The van der Waals surface area contributed by atoms with Crippen molar-refractivity contribution in [2.75, 3.05) is 14.1 Å². The van der Waals surface area contributed by atoms with Crippen LogP contribution in [0.2, 0.25) is 0 Å². The van der Waals surface area contributed by atoms with Crippen molar-refractivity contribution in [1.29, 1.82) is 0 Å². The minimum absolute atomic E-state index is 0.125. The van der Waals surface area contributed by atoms with Crippen molar-refractivity contribution < 1.29 is 4.79 Å². The van der Waals surface area contributed by atoms with Gasteiger partial charge in [0.2, 0.25) is 0 Å². The SMILES string of the molecule is CCCCC(C=O)N(C)C. The van der Waals surface area contributed by atoms with Crippen LogP contribution < -0.4 is 0 Å². The van der Waals surface area contributed by atoms with Crippen LogP contribution in [0.1, 0.15) is 26.2 Å². The molecule has 0 aliphatic carbocycles. The van der Waals surface area contributed by atoms with Crippen LogP contribution in [-0.4, -0.2) is 31.3 Å². The molecule has 0 amide bonds. The second-order valence-electron chi connectivity index (χ2n) is 2.81. The lowest BCUT2D eigenvalue weighted by Crippen LogP contribution is -2.28. The molecule has 0 spiro atoms. The van der Waals surface area contributed by atoms with E-state index in [4.69, 9.17) is 0 Å². The summed E-state index contributed by atoms with van der Waals surface area (Å²) in [7, 11) is 3.88. The summed E-state index contributed by atoms with van der Waals surface area (Å²) < 4.78 is 0. The molecule has 0 aromatic heterocycles. The quantitative estimate of drug-likeness (QED) is 0.541. The number of aldehydes is 1. The number of carbonyl (C=O) groups excluding carboxylic acids is 1. The topological polar surface area (TPSA) is 20.3 Å². The van der Waals surface area contributed by atoms with E-state index in [9.17, 15) is 4.79 Å². The van der Waals surface area contributed by atoms with Gasteiger partial charge in [-0.05, 0) is 20.5 Å². The fourth-order valence-corrected chi connectivity index (χ4v) is 0.861. The summed E-state index contributed by atoms with van der Waals surface area (Å²) in [5.74, 6) is 0. The fraction of sp³-hybridized carbons (Fsp3) is 0.875. The monoisotopic (exact) mass is 143 g/mol. The number of hydrogen-bond acceptors (Lipinski definition) is 2. The van der Waals surface area contributed by atoms with Crippen molar-refractivity contribution in [3.8, 4) is 0 Å². The van der Waals surface area contributed by atoms with E-state index in [1.807, 2.05) is 19.0 Å². The Labute approximate surface area is 63.2 Å². The summed E-state index contributed by atoms with van der Waals surface area (Å²) in [6.07, 6.45) is 4.32. The summed E-state index contributed by atoms with van der Waals surface area (Å²) in [5, 5.41) is 0. The van der Waals surface area contributed by atoms with Crippen LogP contribution in [-0.2, 0) is 4.79 Å². The van der Waals surface area contributed by atoms with E-state index in [1.54, 1.807) is 0 Å². The van der Waals surface area contributed by atoms with Gasteiger partial charge in [0.1, 0.15) is 6.29 Å². The first kappa shape index (κ1) is 9.63. The Morgan fingerprint density at radius 3 is 2.40 bits per heavy atom. The van der Waals surface area contributed by atoms with E-state index in [2.05, 4.69) is 6.92 Å². The number of hydrogen-bond donors (Lipinski definition) is 0. The zero-order valence-electron chi connectivity index (χ0n) is 7.13. The number of rotatable bonds is 5. The van der Waals surface area contributed by atoms with Crippen LogP contribution in [0.15, 0.2) is 0 Å². The van der Waals surface area contributed by atoms with Crippen molar-refractivity contribution in [2.45, 2.75) is 32.2 Å². The van der Waals surface area contributed by atoms with Gasteiger partial charge in [0.25, 0.3) is 0 Å². The molecule has 0 radical (unpaired) electrons. The van der Waals surface area contributed by atoms with Crippen LogP contribution in [0.25, 0.3) is 0 Å². The van der Waals surface area contributed by atoms with Gasteiger partial charge in [-0.1, -0.05) is 19.8 Å². The van der Waals surface area contributed by atoms with E-state index >= 15 is 0 Å². The summed E-state index contributed by atoms with van der Waals surface area (Å²) in [4.78, 5) is 12.4. The Kier molecular flexibility index (Phi) is 5.22. The number of likely N-dealkylation sites (N-methyl/N-ethyl adjacent to an activating group) is 1. The predicted molar refractivity (Wildman–Crippen MR) is 43.1 cm³/mol. The Bertz CT molecular complexity index is 91.3. The molecule has 0 fully saturated rings. The number of unbranched alkanes of at least 4 members (excludes halogenated alkanes) is 1. The third kappa shape index (κ3) is 3.62. The third-order valence-corrected chi connectivity index (χ3v) is 1.67. The van der Waals surface area contributed by atoms with Gasteiger partial charge in [-0.15, -0.1) is 0 Å². The van der Waals surface area contributed by atoms with Crippen molar-refractivity contribution in [3.63, 3.8) is 0 Å². The van der Waals surface area contributed by atoms with Crippen molar-refractivity contribution >= 4 is 6.29 Å². The summed E-state index contributed by atoms with van der Waals surface area (Å²) in [6, 6.07) is 0.125. The molecule has 60 valence electrons. The van der Waals surface area contributed by atoms with Gasteiger partial charge in [0.15, 0.2) is 0 Å².